The minimum absolute atomic E-state index is 0.0108. The Morgan fingerprint density at radius 1 is 1.38 bits per heavy atom. The first-order chi connectivity index (χ1) is 10.1. The molecule has 0 N–H and O–H groups in total. The molecule has 0 unspecified atom stereocenters. The van der Waals surface area contributed by atoms with Gasteiger partial charge in [-0.25, -0.2) is 4.98 Å². The zero-order chi connectivity index (χ0) is 14.8. The van der Waals surface area contributed by atoms with E-state index in [0.717, 1.165) is 16.0 Å². The first kappa shape index (κ1) is 13.8. The van der Waals surface area contributed by atoms with Gasteiger partial charge in [-0.1, -0.05) is 0 Å². The average Bonchev–Trinajstić information content (AvgIpc) is 3.14. The van der Waals surface area contributed by atoms with E-state index in [1.807, 2.05) is 44.2 Å². The monoisotopic (exact) mass is 300 g/mol. The molecule has 1 amide bonds. The standard InChI is InChI=1S/C16H16N2O2S/c1-11(2)18(9-13-4-3-7-20-13)16(19)12-5-6-14-15(8-12)21-10-17-14/h3-8,10-11H,9H2,1-2H3. The molecule has 108 valence electrons. The maximum absolute atomic E-state index is 12.7. The third-order valence-corrected chi connectivity index (χ3v) is 4.16. The molecule has 0 aliphatic carbocycles. The van der Waals surface area contributed by atoms with Gasteiger partial charge in [-0.05, 0) is 44.2 Å². The number of carbonyl (C=O) groups excluding carboxylic acids is 1. The molecule has 3 aromatic rings. The summed E-state index contributed by atoms with van der Waals surface area (Å²) in [7, 11) is 0. The van der Waals surface area contributed by atoms with E-state index in [9.17, 15) is 4.79 Å². The van der Waals surface area contributed by atoms with E-state index in [1.54, 1.807) is 28.0 Å². The molecule has 0 saturated heterocycles. The Bertz CT molecular complexity index is 747. The van der Waals surface area contributed by atoms with E-state index in [1.165, 1.54) is 0 Å². The summed E-state index contributed by atoms with van der Waals surface area (Å²) >= 11 is 1.54. The lowest BCUT2D eigenvalue weighted by molar-refractivity contribution is 0.0676. The van der Waals surface area contributed by atoms with Crippen molar-refractivity contribution < 1.29 is 9.21 Å². The van der Waals surface area contributed by atoms with Gasteiger partial charge in [0.05, 0.1) is 28.5 Å². The number of benzene rings is 1. The second-order valence-electron chi connectivity index (χ2n) is 5.14. The molecule has 0 bridgehead atoms. The largest absolute Gasteiger partial charge is 0.467 e. The Kier molecular flexibility index (Phi) is 3.75. The highest BCUT2D eigenvalue weighted by atomic mass is 32.1. The predicted molar refractivity (Wildman–Crippen MR) is 83.3 cm³/mol. The van der Waals surface area contributed by atoms with Crippen LogP contribution in [0.15, 0.2) is 46.5 Å². The Morgan fingerprint density at radius 3 is 2.95 bits per heavy atom. The summed E-state index contributed by atoms with van der Waals surface area (Å²) in [5.74, 6) is 0.799. The van der Waals surface area contributed by atoms with Crippen LogP contribution in [0.2, 0.25) is 0 Å². The van der Waals surface area contributed by atoms with E-state index in [2.05, 4.69) is 4.98 Å². The molecule has 2 aromatic heterocycles. The van der Waals surface area contributed by atoms with Crippen LogP contribution in [0, 0.1) is 0 Å². The molecular weight excluding hydrogens is 284 g/mol. The van der Waals surface area contributed by atoms with Gasteiger partial charge in [0.1, 0.15) is 5.76 Å². The quantitative estimate of drug-likeness (QED) is 0.733. The summed E-state index contributed by atoms with van der Waals surface area (Å²) < 4.78 is 6.39. The van der Waals surface area contributed by atoms with Gasteiger partial charge in [-0.15, -0.1) is 11.3 Å². The summed E-state index contributed by atoms with van der Waals surface area (Å²) in [5.41, 5.74) is 3.41. The summed E-state index contributed by atoms with van der Waals surface area (Å²) in [5, 5.41) is 0. The topological polar surface area (TPSA) is 46.3 Å². The van der Waals surface area contributed by atoms with Gasteiger partial charge >= 0.3 is 0 Å². The van der Waals surface area contributed by atoms with E-state index in [0.29, 0.717) is 12.1 Å². The summed E-state index contributed by atoms with van der Waals surface area (Å²) in [4.78, 5) is 18.8. The fourth-order valence-electron chi connectivity index (χ4n) is 2.21. The number of furan rings is 1. The van der Waals surface area contributed by atoms with Crippen molar-refractivity contribution in [2.45, 2.75) is 26.4 Å². The Hall–Kier alpha value is -2.14. The minimum atomic E-state index is 0.0108. The number of hydrogen-bond acceptors (Lipinski definition) is 4. The Morgan fingerprint density at radius 2 is 2.24 bits per heavy atom. The fraction of sp³-hybridized carbons (Fsp3) is 0.250. The number of nitrogens with zero attached hydrogens (tertiary/aromatic N) is 2. The lowest BCUT2D eigenvalue weighted by Gasteiger charge is -2.26. The van der Waals surface area contributed by atoms with Crippen molar-refractivity contribution in [2.75, 3.05) is 0 Å². The van der Waals surface area contributed by atoms with Gasteiger partial charge in [-0.2, -0.15) is 0 Å². The second-order valence-corrected chi connectivity index (χ2v) is 6.03. The van der Waals surface area contributed by atoms with Gasteiger partial charge in [0.2, 0.25) is 0 Å². The van der Waals surface area contributed by atoms with E-state index >= 15 is 0 Å². The number of fused-ring (bicyclic) bond motifs is 1. The molecule has 4 nitrogen and oxygen atoms in total. The van der Waals surface area contributed by atoms with Crippen molar-refractivity contribution >= 4 is 27.5 Å². The van der Waals surface area contributed by atoms with Gasteiger partial charge < -0.3 is 9.32 Å². The number of aromatic nitrogens is 1. The van der Waals surface area contributed by atoms with Crippen LogP contribution < -0.4 is 0 Å². The predicted octanol–water partition coefficient (Wildman–Crippen LogP) is 3.94. The zero-order valence-corrected chi connectivity index (χ0v) is 12.8. The summed E-state index contributed by atoms with van der Waals surface area (Å²) in [6.45, 7) is 4.49. The average molecular weight is 300 g/mol. The van der Waals surface area contributed by atoms with Gasteiger partial charge in [0.25, 0.3) is 5.91 Å². The summed E-state index contributed by atoms with van der Waals surface area (Å²) in [6.07, 6.45) is 1.63. The van der Waals surface area contributed by atoms with Crippen LogP contribution in [0.25, 0.3) is 10.2 Å². The van der Waals surface area contributed by atoms with Crippen molar-refractivity contribution in [2.24, 2.45) is 0 Å². The van der Waals surface area contributed by atoms with Crippen LogP contribution in [-0.4, -0.2) is 21.8 Å². The molecule has 0 fully saturated rings. The highest BCUT2D eigenvalue weighted by Crippen LogP contribution is 2.21. The molecule has 0 aliphatic rings. The molecule has 0 atom stereocenters. The Labute approximate surface area is 127 Å². The lowest BCUT2D eigenvalue weighted by atomic mass is 10.1. The summed E-state index contributed by atoms with van der Waals surface area (Å²) in [6, 6.07) is 9.45. The SMILES string of the molecule is CC(C)N(Cc1ccco1)C(=O)c1ccc2ncsc2c1. The molecular formula is C16H16N2O2S. The molecule has 2 heterocycles. The number of amides is 1. The molecule has 0 aliphatic heterocycles. The van der Waals surface area contributed by atoms with Crippen LogP contribution in [0.4, 0.5) is 0 Å². The van der Waals surface area contributed by atoms with E-state index < -0.39 is 0 Å². The van der Waals surface area contributed by atoms with Crippen LogP contribution in [0.5, 0.6) is 0 Å². The van der Waals surface area contributed by atoms with Crippen molar-refractivity contribution in [1.82, 2.24) is 9.88 Å². The second kappa shape index (κ2) is 5.69. The van der Waals surface area contributed by atoms with E-state index in [-0.39, 0.29) is 11.9 Å². The Balaban J connectivity index is 1.89. The van der Waals surface area contributed by atoms with E-state index in [4.69, 9.17) is 4.42 Å². The minimum Gasteiger partial charge on any atom is -0.467 e. The normalized spacial score (nSPS) is 11.2. The number of carbonyl (C=O) groups is 1. The van der Waals surface area contributed by atoms with Gasteiger partial charge in [-0.3, -0.25) is 4.79 Å². The van der Waals surface area contributed by atoms with Crippen LogP contribution in [-0.2, 0) is 6.54 Å². The van der Waals surface area contributed by atoms with Gasteiger partial charge in [0.15, 0.2) is 0 Å². The molecule has 0 spiro atoms. The fourth-order valence-corrected chi connectivity index (χ4v) is 2.93. The third kappa shape index (κ3) is 2.83. The number of rotatable bonds is 4. The van der Waals surface area contributed by atoms with Crippen LogP contribution >= 0.6 is 11.3 Å². The van der Waals surface area contributed by atoms with Crippen LogP contribution in [0.1, 0.15) is 30.0 Å². The molecule has 5 heteroatoms. The molecule has 0 radical (unpaired) electrons. The number of hydrogen-bond donors (Lipinski definition) is 0. The lowest BCUT2D eigenvalue weighted by Crippen LogP contribution is -2.36. The highest BCUT2D eigenvalue weighted by molar-refractivity contribution is 7.16. The smallest absolute Gasteiger partial charge is 0.254 e. The van der Waals surface area contributed by atoms with Crippen molar-refractivity contribution in [3.63, 3.8) is 0 Å². The highest BCUT2D eigenvalue weighted by Gasteiger charge is 2.20. The molecule has 21 heavy (non-hydrogen) atoms. The first-order valence-corrected chi connectivity index (χ1v) is 7.69. The molecule has 0 saturated carbocycles. The molecule has 3 rings (SSSR count). The number of thiazole rings is 1. The maximum Gasteiger partial charge on any atom is 0.254 e. The zero-order valence-electron chi connectivity index (χ0n) is 11.9. The molecule has 1 aromatic carbocycles. The van der Waals surface area contributed by atoms with Crippen molar-refractivity contribution in [3.8, 4) is 0 Å². The van der Waals surface area contributed by atoms with Crippen molar-refractivity contribution in [1.29, 1.82) is 0 Å². The first-order valence-electron chi connectivity index (χ1n) is 6.82. The van der Waals surface area contributed by atoms with Crippen molar-refractivity contribution in [3.05, 3.63) is 53.4 Å². The maximum atomic E-state index is 12.7. The van der Waals surface area contributed by atoms with Gasteiger partial charge in [0, 0.05) is 11.6 Å². The third-order valence-electron chi connectivity index (χ3n) is 3.37. The van der Waals surface area contributed by atoms with Crippen LogP contribution in [0.3, 0.4) is 0 Å².